The maximum absolute atomic E-state index is 13.8. The Kier molecular flexibility index (Phi) is 3.90. The van der Waals surface area contributed by atoms with E-state index in [1.807, 2.05) is 30.3 Å². The largest absolute Gasteiger partial charge is 0.366 e. The fraction of sp³-hybridized carbons (Fsp3) is 0.133. The van der Waals surface area contributed by atoms with Crippen molar-refractivity contribution in [2.45, 2.75) is 6.54 Å². The van der Waals surface area contributed by atoms with Crippen molar-refractivity contribution >= 4 is 12.0 Å². The van der Waals surface area contributed by atoms with Gasteiger partial charge >= 0.3 is 0 Å². The Morgan fingerprint density at radius 1 is 1.11 bits per heavy atom. The maximum atomic E-state index is 13.8. The molecule has 2 nitrogen and oxygen atoms in total. The number of benzene rings is 2. The minimum Gasteiger partial charge on any atom is -0.366 e. The normalized spacial score (nSPS) is 10.3. The summed E-state index contributed by atoms with van der Waals surface area (Å²) in [5.41, 5.74) is 0.810. The number of halogens is 2. The number of anilines is 1. The van der Waals surface area contributed by atoms with Crippen molar-refractivity contribution in [1.82, 2.24) is 0 Å². The minimum absolute atomic E-state index is 0.00754. The number of rotatable bonds is 4. The number of carbonyl (C=O) groups is 1. The third-order valence-electron chi connectivity index (χ3n) is 2.82. The maximum Gasteiger partial charge on any atom is 0.150 e. The molecule has 0 amide bonds. The Hall–Kier alpha value is -2.23. The van der Waals surface area contributed by atoms with Gasteiger partial charge in [-0.3, -0.25) is 4.79 Å². The van der Waals surface area contributed by atoms with E-state index in [1.165, 1.54) is 4.90 Å². The van der Waals surface area contributed by atoms with Crippen LogP contribution < -0.4 is 4.90 Å². The van der Waals surface area contributed by atoms with Crippen molar-refractivity contribution in [2.24, 2.45) is 0 Å². The molecule has 0 saturated carbocycles. The van der Waals surface area contributed by atoms with E-state index in [4.69, 9.17) is 0 Å². The predicted octanol–water partition coefficient (Wildman–Crippen LogP) is 3.41. The van der Waals surface area contributed by atoms with Crippen LogP contribution in [0.25, 0.3) is 0 Å². The average Bonchev–Trinajstić information content (AvgIpc) is 2.38. The Labute approximate surface area is 110 Å². The first-order valence-electron chi connectivity index (χ1n) is 5.81. The lowest BCUT2D eigenvalue weighted by molar-refractivity contribution is 0.112. The number of nitrogens with zero attached hydrogens (tertiary/aromatic N) is 1. The summed E-state index contributed by atoms with van der Waals surface area (Å²) < 4.78 is 27.6. The monoisotopic (exact) mass is 261 g/mol. The highest BCUT2D eigenvalue weighted by Gasteiger charge is 2.15. The lowest BCUT2D eigenvalue weighted by atomic mass is 10.1. The van der Waals surface area contributed by atoms with Gasteiger partial charge in [-0.25, -0.2) is 8.78 Å². The molecular formula is C15H13F2NO. The molecule has 0 radical (unpaired) electrons. The molecule has 0 fully saturated rings. The van der Waals surface area contributed by atoms with Crippen molar-refractivity contribution in [3.05, 3.63) is 65.2 Å². The van der Waals surface area contributed by atoms with Crippen LogP contribution in [0.3, 0.4) is 0 Å². The second-order valence-corrected chi connectivity index (χ2v) is 4.29. The van der Waals surface area contributed by atoms with Crippen molar-refractivity contribution in [1.29, 1.82) is 0 Å². The van der Waals surface area contributed by atoms with Crippen LogP contribution in [-0.2, 0) is 6.54 Å². The second-order valence-electron chi connectivity index (χ2n) is 4.29. The Bertz CT molecular complexity index is 561. The molecule has 0 unspecified atom stereocenters. The minimum atomic E-state index is -0.736. The molecule has 2 rings (SSSR count). The first kappa shape index (κ1) is 13.2. The Morgan fingerprint density at radius 3 is 2.21 bits per heavy atom. The van der Waals surface area contributed by atoms with Crippen LogP contribution in [0.15, 0.2) is 42.5 Å². The van der Waals surface area contributed by atoms with Gasteiger partial charge in [-0.1, -0.05) is 30.3 Å². The quantitative estimate of drug-likeness (QED) is 0.786. The topological polar surface area (TPSA) is 20.3 Å². The second kappa shape index (κ2) is 5.61. The number of aldehydes is 1. The molecule has 4 heteroatoms. The fourth-order valence-corrected chi connectivity index (χ4v) is 1.95. The zero-order chi connectivity index (χ0) is 13.8. The van der Waals surface area contributed by atoms with Gasteiger partial charge in [0.05, 0.1) is 0 Å². The summed E-state index contributed by atoms with van der Waals surface area (Å²) in [7, 11) is 1.61. The van der Waals surface area contributed by atoms with E-state index < -0.39 is 11.6 Å². The lowest BCUT2D eigenvalue weighted by Crippen LogP contribution is -2.19. The summed E-state index contributed by atoms with van der Waals surface area (Å²) in [6.07, 6.45) is 0.424. The van der Waals surface area contributed by atoms with Gasteiger partial charge in [-0.2, -0.15) is 0 Å². The van der Waals surface area contributed by atoms with Crippen molar-refractivity contribution in [3.63, 3.8) is 0 Å². The first-order chi connectivity index (χ1) is 9.11. The summed E-state index contributed by atoms with van der Waals surface area (Å²) in [4.78, 5) is 12.0. The molecule has 19 heavy (non-hydrogen) atoms. The summed E-state index contributed by atoms with van der Waals surface area (Å²) in [5.74, 6) is -1.47. The molecule has 2 aromatic carbocycles. The molecular weight excluding hydrogens is 248 g/mol. The van der Waals surface area contributed by atoms with E-state index in [0.717, 1.165) is 17.7 Å². The van der Waals surface area contributed by atoms with Crippen LogP contribution in [0.2, 0.25) is 0 Å². The summed E-state index contributed by atoms with van der Waals surface area (Å²) in [6.45, 7) is 0.384. The van der Waals surface area contributed by atoms with Crippen molar-refractivity contribution < 1.29 is 13.6 Å². The molecule has 0 N–H and O–H groups in total. The van der Waals surface area contributed by atoms with Crippen LogP contribution >= 0.6 is 0 Å². The van der Waals surface area contributed by atoms with Crippen molar-refractivity contribution in [3.8, 4) is 0 Å². The Balaban J connectivity index is 2.29. The van der Waals surface area contributed by atoms with E-state index in [-0.39, 0.29) is 11.3 Å². The molecule has 0 saturated heterocycles. The van der Waals surface area contributed by atoms with Gasteiger partial charge in [0.15, 0.2) is 0 Å². The van der Waals surface area contributed by atoms with E-state index in [0.29, 0.717) is 12.8 Å². The van der Waals surface area contributed by atoms with Crippen LogP contribution in [-0.4, -0.2) is 13.3 Å². The molecule has 2 aromatic rings. The van der Waals surface area contributed by atoms with Gasteiger partial charge in [-0.05, 0) is 17.7 Å². The highest BCUT2D eigenvalue weighted by Crippen LogP contribution is 2.24. The first-order valence-corrected chi connectivity index (χ1v) is 5.81. The highest BCUT2D eigenvalue weighted by atomic mass is 19.1. The highest BCUT2D eigenvalue weighted by molar-refractivity contribution is 5.76. The van der Waals surface area contributed by atoms with E-state index in [1.54, 1.807) is 7.05 Å². The van der Waals surface area contributed by atoms with Crippen LogP contribution in [0.5, 0.6) is 0 Å². The zero-order valence-corrected chi connectivity index (χ0v) is 10.4. The number of hydrogen-bond donors (Lipinski definition) is 0. The summed E-state index contributed by atoms with van der Waals surface area (Å²) >= 11 is 0. The third kappa shape index (κ3) is 2.96. The summed E-state index contributed by atoms with van der Waals surface area (Å²) in [6, 6.07) is 11.4. The third-order valence-corrected chi connectivity index (χ3v) is 2.82. The standard InChI is InChI=1S/C15H13F2NO/c1-18(9-11-5-3-2-4-6-11)15-13(16)7-12(10-19)8-14(15)17/h2-8,10H,9H2,1H3. The predicted molar refractivity (Wildman–Crippen MR) is 70.3 cm³/mol. The summed E-state index contributed by atoms with van der Waals surface area (Å²) in [5, 5.41) is 0. The number of carbonyl (C=O) groups excluding carboxylic acids is 1. The van der Waals surface area contributed by atoms with Crippen LogP contribution in [0.1, 0.15) is 15.9 Å². The van der Waals surface area contributed by atoms with Gasteiger partial charge in [0.1, 0.15) is 23.6 Å². The Morgan fingerprint density at radius 2 is 1.68 bits per heavy atom. The van der Waals surface area contributed by atoms with Gasteiger partial charge in [0, 0.05) is 19.2 Å². The molecule has 0 spiro atoms. The molecule has 0 bridgehead atoms. The van der Waals surface area contributed by atoms with Crippen LogP contribution in [0, 0.1) is 11.6 Å². The van der Waals surface area contributed by atoms with E-state index >= 15 is 0 Å². The zero-order valence-electron chi connectivity index (χ0n) is 10.4. The molecule has 0 heterocycles. The fourth-order valence-electron chi connectivity index (χ4n) is 1.95. The molecule has 0 aromatic heterocycles. The van der Waals surface area contributed by atoms with Gasteiger partial charge < -0.3 is 4.90 Å². The van der Waals surface area contributed by atoms with Gasteiger partial charge in [0.25, 0.3) is 0 Å². The molecule has 0 aliphatic rings. The smallest absolute Gasteiger partial charge is 0.150 e. The van der Waals surface area contributed by atoms with Gasteiger partial charge in [0.2, 0.25) is 0 Å². The lowest BCUT2D eigenvalue weighted by Gasteiger charge is -2.20. The van der Waals surface area contributed by atoms with E-state index in [9.17, 15) is 13.6 Å². The number of hydrogen-bond acceptors (Lipinski definition) is 2. The van der Waals surface area contributed by atoms with E-state index in [2.05, 4.69) is 0 Å². The van der Waals surface area contributed by atoms with Crippen molar-refractivity contribution in [2.75, 3.05) is 11.9 Å². The molecule has 0 aliphatic heterocycles. The molecule has 0 atom stereocenters. The SMILES string of the molecule is CN(Cc1ccccc1)c1c(F)cc(C=O)cc1F. The van der Waals surface area contributed by atoms with Crippen LogP contribution in [0.4, 0.5) is 14.5 Å². The van der Waals surface area contributed by atoms with Gasteiger partial charge in [-0.15, -0.1) is 0 Å². The average molecular weight is 261 g/mol. The molecule has 98 valence electrons. The molecule has 0 aliphatic carbocycles.